The molecule has 0 spiro atoms. The lowest BCUT2D eigenvalue weighted by molar-refractivity contribution is 0.177. The first-order valence-corrected chi connectivity index (χ1v) is 10.4. The van der Waals surface area contributed by atoms with Gasteiger partial charge in [0.05, 0.1) is 0 Å². The normalized spacial score (nSPS) is 27.5. The summed E-state index contributed by atoms with van der Waals surface area (Å²) in [5.74, 6) is 2.41. The lowest BCUT2D eigenvalue weighted by Gasteiger charge is -2.41. The van der Waals surface area contributed by atoms with E-state index in [-0.39, 0.29) is 0 Å². The van der Waals surface area contributed by atoms with Gasteiger partial charge < -0.3 is 5.32 Å². The number of rotatable bonds is 5. The van der Waals surface area contributed by atoms with Crippen molar-refractivity contribution >= 4 is 0 Å². The van der Waals surface area contributed by atoms with Gasteiger partial charge in [-0.05, 0) is 73.0 Å². The molecule has 1 heteroatoms. The maximum absolute atomic E-state index is 4.03. The average molecular weight is 328 g/mol. The molecule has 1 aromatic carbocycles. The molecule has 1 aromatic rings. The first-order valence-electron chi connectivity index (χ1n) is 10.4. The van der Waals surface area contributed by atoms with Crippen molar-refractivity contribution in [2.24, 2.45) is 17.8 Å². The van der Waals surface area contributed by atoms with Gasteiger partial charge in [-0.25, -0.2) is 0 Å². The van der Waals surface area contributed by atoms with Crippen LogP contribution < -0.4 is 5.32 Å². The highest BCUT2D eigenvalue weighted by molar-refractivity contribution is 5.33. The maximum Gasteiger partial charge on any atom is 0.0323 e. The quantitative estimate of drug-likeness (QED) is 0.692. The topological polar surface area (TPSA) is 12.0 Å². The van der Waals surface area contributed by atoms with Gasteiger partial charge in [-0.15, -0.1) is 0 Å². The lowest BCUT2D eigenvalue weighted by atomic mass is 9.76. The van der Waals surface area contributed by atoms with E-state index in [1.807, 2.05) is 0 Å². The van der Waals surface area contributed by atoms with Crippen LogP contribution in [0.5, 0.6) is 0 Å². The van der Waals surface area contributed by atoms with Gasteiger partial charge in [0, 0.05) is 12.1 Å². The predicted molar refractivity (Wildman–Crippen MR) is 104 cm³/mol. The highest BCUT2D eigenvalue weighted by Crippen LogP contribution is 2.37. The van der Waals surface area contributed by atoms with E-state index in [4.69, 9.17) is 0 Å². The number of hydrogen-bond acceptors (Lipinski definition) is 1. The Morgan fingerprint density at radius 2 is 1.46 bits per heavy atom. The Labute approximate surface area is 149 Å². The molecule has 3 rings (SSSR count). The van der Waals surface area contributed by atoms with E-state index in [0.717, 1.165) is 23.8 Å². The number of nitrogens with one attached hydrogen (secondary N) is 1. The first kappa shape index (κ1) is 18.0. The van der Waals surface area contributed by atoms with Crippen molar-refractivity contribution in [3.8, 4) is 0 Å². The predicted octanol–water partition coefficient (Wildman–Crippen LogP) is 6.07. The van der Waals surface area contributed by atoms with Gasteiger partial charge in [0.15, 0.2) is 0 Å². The van der Waals surface area contributed by atoms with Crippen molar-refractivity contribution in [2.45, 2.75) is 91.1 Å². The smallest absolute Gasteiger partial charge is 0.0323 e. The van der Waals surface area contributed by atoms with Crippen LogP contribution in [-0.2, 0) is 12.8 Å². The summed E-state index contributed by atoms with van der Waals surface area (Å²) in [6, 6.07) is 8.84. The van der Waals surface area contributed by atoms with E-state index in [9.17, 15) is 0 Å². The molecule has 0 aromatic heterocycles. The molecule has 0 radical (unpaired) electrons. The average Bonchev–Trinajstić information content (AvgIpc) is 2.53. The highest BCUT2D eigenvalue weighted by atomic mass is 15.0. The Hall–Kier alpha value is -0.820. The fourth-order valence-corrected chi connectivity index (χ4v) is 4.93. The van der Waals surface area contributed by atoms with Crippen LogP contribution in [-0.4, -0.2) is 6.04 Å². The van der Waals surface area contributed by atoms with Gasteiger partial charge in [-0.2, -0.15) is 0 Å². The monoisotopic (exact) mass is 327 g/mol. The maximum atomic E-state index is 4.03. The summed E-state index contributed by atoms with van der Waals surface area (Å²) >= 11 is 0. The van der Waals surface area contributed by atoms with Crippen LogP contribution in [0, 0.1) is 17.8 Å². The Bertz CT molecular complexity index is 503. The fourth-order valence-electron chi connectivity index (χ4n) is 4.93. The van der Waals surface area contributed by atoms with Crippen molar-refractivity contribution in [2.75, 3.05) is 0 Å². The van der Waals surface area contributed by atoms with E-state index < -0.39 is 0 Å². The summed E-state index contributed by atoms with van der Waals surface area (Å²) in [5, 5.41) is 4.03. The Morgan fingerprint density at radius 3 is 2.08 bits per heavy atom. The third-order valence-electron chi connectivity index (χ3n) is 5.92. The molecular weight excluding hydrogens is 290 g/mol. The molecule has 1 saturated carbocycles. The molecule has 1 aliphatic heterocycles. The van der Waals surface area contributed by atoms with Gasteiger partial charge in [0.25, 0.3) is 0 Å². The molecule has 1 nitrogen and oxygen atoms in total. The standard InChI is InChI=1S/C23H37N/c1-16(2)11-18-13-19(12-17(3)4)15-21(14-18)23-10-9-20-7-5-6-8-22(20)24-23/h13-17,20,22-24H,5-12H2,1-4H3. The molecule has 1 saturated heterocycles. The number of piperidine rings is 1. The SMILES string of the molecule is CC(C)Cc1cc(CC(C)C)cc(C2CCC3CCCCC3N2)c1. The van der Waals surface area contributed by atoms with E-state index in [1.165, 1.54) is 51.4 Å². The van der Waals surface area contributed by atoms with Crippen LogP contribution in [0.25, 0.3) is 0 Å². The van der Waals surface area contributed by atoms with Crippen LogP contribution in [0.15, 0.2) is 18.2 Å². The molecule has 3 unspecified atom stereocenters. The molecule has 1 heterocycles. The molecular formula is C23H37N. The minimum absolute atomic E-state index is 0.586. The number of benzene rings is 1. The second-order valence-electron chi connectivity index (χ2n) is 9.23. The largest absolute Gasteiger partial charge is 0.307 e. The van der Waals surface area contributed by atoms with E-state index in [0.29, 0.717) is 6.04 Å². The van der Waals surface area contributed by atoms with E-state index in [2.05, 4.69) is 51.2 Å². The van der Waals surface area contributed by atoms with Crippen LogP contribution in [0.1, 0.15) is 89.0 Å². The van der Waals surface area contributed by atoms with Crippen LogP contribution in [0.4, 0.5) is 0 Å². The van der Waals surface area contributed by atoms with Crippen molar-refractivity contribution in [3.63, 3.8) is 0 Å². The summed E-state index contributed by atoms with van der Waals surface area (Å²) in [5.41, 5.74) is 4.66. The third-order valence-corrected chi connectivity index (χ3v) is 5.92. The minimum atomic E-state index is 0.586. The summed E-state index contributed by atoms with van der Waals surface area (Å²) in [7, 11) is 0. The minimum Gasteiger partial charge on any atom is -0.307 e. The van der Waals surface area contributed by atoms with Crippen molar-refractivity contribution in [1.29, 1.82) is 0 Å². The van der Waals surface area contributed by atoms with Crippen LogP contribution in [0.2, 0.25) is 0 Å². The van der Waals surface area contributed by atoms with Crippen LogP contribution >= 0.6 is 0 Å². The van der Waals surface area contributed by atoms with E-state index in [1.54, 1.807) is 16.7 Å². The van der Waals surface area contributed by atoms with Crippen molar-refractivity contribution < 1.29 is 0 Å². The number of fused-ring (bicyclic) bond motifs is 1. The summed E-state index contributed by atoms with van der Waals surface area (Å²) < 4.78 is 0. The Balaban J connectivity index is 1.80. The second-order valence-corrected chi connectivity index (χ2v) is 9.23. The molecule has 134 valence electrons. The molecule has 1 N–H and O–H groups in total. The fraction of sp³-hybridized carbons (Fsp3) is 0.739. The van der Waals surface area contributed by atoms with E-state index >= 15 is 0 Å². The van der Waals surface area contributed by atoms with Gasteiger partial charge in [-0.3, -0.25) is 0 Å². The van der Waals surface area contributed by atoms with Crippen molar-refractivity contribution in [1.82, 2.24) is 5.32 Å². The summed E-state index contributed by atoms with van der Waals surface area (Å²) in [6.45, 7) is 9.33. The molecule has 1 aliphatic carbocycles. The highest BCUT2D eigenvalue weighted by Gasteiger charge is 2.32. The van der Waals surface area contributed by atoms with Crippen LogP contribution in [0.3, 0.4) is 0 Å². The molecule has 2 aliphatic rings. The molecule has 3 atom stereocenters. The molecule has 2 fully saturated rings. The Morgan fingerprint density at radius 1 is 0.833 bits per heavy atom. The lowest BCUT2D eigenvalue weighted by Crippen LogP contribution is -2.44. The van der Waals surface area contributed by atoms with Crippen molar-refractivity contribution in [3.05, 3.63) is 34.9 Å². The summed E-state index contributed by atoms with van der Waals surface area (Å²) in [6.07, 6.45) is 10.9. The zero-order chi connectivity index (χ0) is 17.1. The molecule has 0 bridgehead atoms. The molecule has 0 amide bonds. The first-order chi connectivity index (χ1) is 11.5. The molecule has 24 heavy (non-hydrogen) atoms. The summed E-state index contributed by atoms with van der Waals surface area (Å²) in [4.78, 5) is 0. The van der Waals surface area contributed by atoms with Gasteiger partial charge in [0.2, 0.25) is 0 Å². The zero-order valence-corrected chi connectivity index (χ0v) is 16.3. The Kier molecular flexibility index (Phi) is 6.02. The van der Waals surface area contributed by atoms with Gasteiger partial charge >= 0.3 is 0 Å². The van der Waals surface area contributed by atoms with Gasteiger partial charge in [-0.1, -0.05) is 58.7 Å². The second kappa shape index (κ2) is 8.04. The zero-order valence-electron chi connectivity index (χ0n) is 16.3. The number of hydrogen-bond donors (Lipinski definition) is 1. The van der Waals surface area contributed by atoms with Gasteiger partial charge in [0.1, 0.15) is 0 Å². The third kappa shape index (κ3) is 4.63.